The molecule has 1 aromatic heterocycles. The fraction of sp³-hybridized carbons (Fsp3) is 0.583. The molecule has 2 rings (SSSR count). The van der Waals surface area contributed by atoms with Crippen LogP contribution in [0.3, 0.4) is 0 Å². The number of carboxylic acid groups (broad SMARTS) is 1. The highest BCUT2D eigenvalue weighted by Crippen LogP contribution is 2.31. The SMILES string of the molecule is CCCc1nnc(N2C(=O)CC(SCC(N)C(=O)O)C2=O)s1. The lowest BCUT2D eigenvalue weighted by atomic mass is 10.3. The summed E-state index contributed by atoms with van der Waals surface area (Å²) >= 11 is 2.31. The lowest BCUT2D eigenvalue weighted by Crippen LogP contribution is -2.35. The summed E-state index contributed by atoms with van der Waals surface area (Å²) in [6.07, 6.45) is 1.68. The molecule has 22 heavy (non-hydrogen) atoms. The summed E-state index contributed by atoms with van der Waals surface area (Å²) in [5.41, 5.74) is 5.41. The smallest absolute Gasteiger partial charge is 0.321 e. The number of aryl methyl sites for hydroxylation is 1. The molecule has 0 radical (unpaired) electrons. The number of nitrogens with zero attached hydrogens (tertiary/aromatic N) is 3. The topological polar surface area (TPSA) is 126 Å². The minimum absolute atomic E-state index is 0.0263. The van der Waals surface area contributed by atoms with E-state index in [9.17, 15) is 14.4 Å². The van der Waals surface area contributed by atoms with Crippen molar-refractivity contribution in [2.75, 3.05) is 10.7 Å². The van der Waals surface area contributed by atoms with Crippen molar-refractivity contribution < 1.29 is 19.5 Å². The summed E-state index contributed by atoms with van der Waals surface area (Å²) in [6, 6.07) is -1.06. The number of amides is 2. The first-order valence-electron chi connectivity index (χ1n) is 6.73. The van der Waals surface area contributed by atoms with Gasteiger partial charge in [-0.05, 0) is 6.42 Å². The minimum Gasteiger partial charge on any atom is -0.480 e. The highest BCUT2D eigenvalue weighted by Gasteiger charge is 2.41. The molecule has 0 spiro atoms. The van der Waals surface area contributed by atoms with E-state index in [0.29, 0.717) is 0 Å². The normalized spacial score (nSPS) is 19.7. The monoisotopic (exact) mass is 344 g/mol. The van der Waals surface area contributed by atoms with E-state index in [0.717, 1.165) is 34.5 Å². The molecule has 10 heteroatoms. The molecule has 2 atom stereocenters. The first kappa shape index (κ1) is 16.8. The van der Waals surface area contributed by atoms with Crippen LogP contribution in [0.5, 0.6) is 0 Å². The van der Waals surface area contributed by atoms with E-state index >= 15 is 0 Å². The fourth-order valence-corrected chi connectivity index (χ4v) is 3.93. The number of imide groups is 1. The molecule has 1 fully saturated rings. The Balaban J connectivity index is 2.03. The minimum atomic E-state index is -1.13. The van der Waals surface area contributed by atoms with Crippen molar-refractivity contribution in [2.45, 2.75) is 37.5 Å². The van der Waals surface area contributed by atoms with Crippen molar-refractivity contribution >= 4 is 46.0 Å². The van der Waals surface area contributed by atoms with Gasteiger partial charge in [0.15, 0.2) is 0 Å². The third-order valence-corrected chi connectivity index (χ3v) is 5.30. The third-order valence-electron chi connectivity index (χ3n) is 3.01. The van der Waals surface area contributed by atoms with Crippen molar-refractivity contribution in [2.24, 2.45) is 5.73 Å². The summed E-state index contributed by atoms with van der Waals surface area (Å²) in [6.45, 7) is 2.01. The van der Waals surface area contributed by atoms with E-state index in [2.05, 4.69) is 10.2 Å². The van der Waals surface area contributed by atoms with Crippen LogP contribution in [0, 0.1) is 0 Å². The molecular formula is C12H16N4O4S2. The Morgan fingerprint density at radius 3 is 2.91 bits per heavy atom. The van der Waals surface area contributed by atoms with Gasteiger partial charge in [0.1, 0.15) is 11.0 Å². The zero-order chi connectivity index (χ0) is 16.3. The molecule has 120 valence electrons. The van der Waals surface area contributed by atoms with Crippen molar-refractivity contribution in [3.8, 4) is 0 Å². The van der Waals surface area contributed by atoms with Crippen LogP contribution in [0.2, 0.25) is 0 Å². The zero-order valence-corrected chi connectivity index (χ0v) is 13.5. The molecule has 2 unspecified atom stereocenters. The first-order valence-corrected chi connectivity index (χ1v) is 8.59. The summed E-state index contributed by atoms with van der Waals surface area (Å²) in [4.78, 5) is 36.1. The van der Waals surface area contributed by atoms with E-state index in [1.165, 1.54) is 11.3 Å². The molecule has 1 saturated heterocycles. The number of carbonyl (C=O) groups excluding carboxylic acids is 2. The predicted octanol–water partition coefficient (Wildman–Crippen LogP) is 0.268. The molecule has 0 aromatic carbocycles. The number of rotatable bonds is 7. The molecule has 1 aliphatic heterocycles. The van der Waals surface area contributed by atoms with Crippen molar-refractivity contribution in [1.82, 2.24) is 10.2 Å². The average Bonchev–Trinajstić information content (AvgIpc) is 3.01. The molecule has 2 amide bonds. The maximum Gasteiger partial charge on any atom is 0.321 e. The van der Waals surface area contributed by atoms with E-state index in [1.807, 2.05) is 6.92 Å². The van der Waals surface area contributed by atoms with Gasteiger partial charge in [0, 0.05) is 18.6 Å². The molecule has 1 aromatic rings. The number of anilines is 1. The number of aliphatic carboxylic acids is 1. The Bertz CT molecular complexity index is 591. The molecule has 2 heterocycles. The number of carboxylic acids is 1. The van der Waals surface area contributed by atoms with Crippen molar-refractivity contribution in [1.29, 1.82) is 0 Å². The second-order valence-electron chi connectivity index (χ2n) is 4.77. The van der Waals surface area contributed by atoms with Gasteiger partial charge in [0.2, 0.25) is 16.9 Å². The Labute approximate surface area is 135 Å². The predicted molar refractivity (Wildman–Crippen MR) is 82.9 cm³/mol. The molecule has 0 aliphatic carbocycles. The summed E-state index contributed by atoms with van der Waals surface area (Å²) in [5.74, 6) is -1.78. The van der Waals surface area contributed by atoms with Gasteiger partial charge in [-0.25, -0.2) is 4.90 Å². The lowest BCUT2D eigenvalue weighted by Gasteiger charge is -2.11. The zero-order valence-electron chi connectivity index (χ0n) is 11.9. The van der Waals surface area contributed by atoms with E-state index in [1.54, 1.807) is 0 Å². The van der Waals surface area contributed by atoms with Crippen LogP contribution in [0.25, 0.3) is 0 Å². The number of nitrogens with two attached hydrogens (primary N) is 1. The van der Waals surface area contributed by atoms with Gasteiger partial charge in [0.05, 0.1) is 5.25 Å². The van der Waals surface area contributed by atoms with Crippen LogP contribution < -0.4 is 10.6 Å². The van der Waals surface area contributed by atoms with Gasteiger partial charge in [-0.15, -0.1) is 22.0 Å². The van der Waals surface area contributed by atoms with Gasteiger partial charge in [-0.3, -0.25) is 14.4 Å². The molecular weight excluding hydrogens is 328 g/mol. The Morgan fingerprint density at radius 2 is 2.27 bits per heavy atom. The Kier molecular flexibility index (Phi) is 5.48. The van der Waals surface area contributed by atoms with E-state index < -0.39 is 17.3 Å². The summed E-state index contributed by atoms with van der Waals surface area (Å²) < 4.78 is 0. The van der Waals surface area contributed by atoms with Gasteiger partial charge >= 0.3 is 5.97 Å². The third kappa shape index (κ3) is 3.62. The molecule has 3 N–H and O–H groups in total. The van der Waals surface area contributed by atoms with Crippen LogP contribution in [0.15, 0.2) is 0 Å². The van der Waals surface area contributed by atoms with Crippen LogP contribution in [-0.4, -0.2) is 50.1 Å². The van der Waals surface area contributed by atoms with E-state index in [-0.39, 0.29) is 29.1 Å². The Hall–Kier alpha value is -1.52. The van der Waals surface area contributed by atoms with Gasteiger partial charge < -0.3 is 10.8 Å². The van der Waals surface area contributed by atoms with Gasteiger partial charge in [-0.1, -0.05) is 18.3 Å². The number of hydrogen-bond donors (Lipinski definition) is 2. The highest BCUT2D eigenvalue weighted by atomic mass is 32.2. The lowest BCUT2D eigenvalue weighted by molar-refractivity contribution is -0.138. The first-order chi connectivity index (χ1) is 10.4. The number of aromatic nitrogens is 2. The summed E-state index contributed by atoms with van der Waals surface area (Å²) in [5, 5.41) is 17.0. The molecule has 1 aliphatic rings. The Morgan fingerprint density at radius 1 is 1.55 bits per heavy atom. The van der Waals surface area contributed by atoms with Crippen LogP contribution in [0.4, 0.5) is 5.13 Å². The van der Waals surface area contributed by atoms with Crippen LogP contribution in [0.1, 0.15) is 24.8 Å². The number of thioether (sulfide) groups is 1. The molecule has 8 nitrogen and oxygen atoms in total. The second-order valence-corrected chi connectivity index (χ2v) is 7.04. The highest BCUT2D eigenvalue weighted by molar-refractivity contribution is 8.00. The van der Waals surface area contributed by atoms with Crippen LogP contribution in [-0.2, 0) is 20.8 Å². The average molecular weight is 344 g/mol. The number of hydrogen-bond acceptors (Lipinski definition) is 8. The fourth-order valence-electron chi connectivity index (χ4n) is 1.88. The molecule has 0 bridgehead atoms. The van der Waals surface area contributed by atoms with Crippen molar-refractivity contribution in [3.05, 3.63) is 5.01 Å². The van der Waals surface area contributed by atoms with Crippen molar-refractivity contribution in [3.63, 3.8) is 0 Å². The second kappa shape index (κ2) is 7.16. The maximum atomic E-state index is 12.3. The quantitative estimate of drug-likeness (QED) is 0.675. The van der Waals surface area contributed by atoms with Gasteiger partial charge in [-0.2, -0.15) is 0 Å². The maximum absolute atomic E-state index is 12.3. The summed E-state index contributed by atoms with van der Waals surface area (Å²) in [7, 11) is 0. The van der Waals surface area contributed by atoms with E-state index in [4.69, 9.17) is 10.8 Å². The van der Waals surface area contributed by atoms with Crippen LogP contribution >= 0.6 is 23.1 Å². The number of carbonyl (C=O) groups is 3. The molecule has 0 saturated carbocycles. The standard InChI is InChI=1S/C12H16N4O4S2/c1-2-3-8-14-15-12(22-8)16-9(17)4-7(10(16)18)21-5-6(13)11(19)20/h6-7H,2-5,13H2,1H3,(H,19,20). The van der Waals surface area contributed by atoms with Gasteiger partial charge in [0.25, 0.3) is 0 Å². The largest absolute Gasteiger partial charge is 0.480 e.